The van der Waals surface area contributed by atoms with Crippen LogP contribution in [-0.4, -0.2) is 52.3 Å². The molecule has 1 saturated carbocycles. The van der Waals surface area contributed by atoms with E-state index in [9.17, 15) is 4.21 Å². The van der Waals surface area contributed by atoms with Gasteiger partial charge in [0.15, 0.2) is 0 Å². The van der Waals surface area contributed by atoms with Crippen molar-refractivity contribution in [3.8, 4) is 0 Å². The molecule has 3 nitrogen and oxygen atoms in total. The highest BCUT2D eigenvalue weighted by atomic mass is 32.2. The minimum atomic E-state index is -0.553. The first kappa shape index (κ1) is 12.5. The van der Waals surface area contributed by atoms with E-state index in [4.69, 9.17) is 0 Å². The summed E-state index contributed by atoms with van der Waals surface area (Å²) in [6.45, 7) is 7.73. The highest BCUT2D eigenvalue weighted by Gasteiger charge is 2.28. The van der Waals surface area contributed by atoms with E-state index in [1.165, 1.54) is 12.8 Å². The summed E-state index contributed by atoms with van der Waals surface area (Å²) in [6, 6.07) is 1.41. The van der Waals surface area contributed by atoms with Gasteiger partial charge in [0.05, 0.1) is 0 Å². The summed E-state index contributed by atoms with van der Waals surface area (Å²) in [5.74, 6) is 2.41. The summed E-state index contributed by atoms with van der Waals surface area (Å²) in [5, 5.41) is 3.63. The average molecular weight is 244 g/mol. The molecule has 16 heavy (non-hydrogen) atoms. The van der Waals surface area contributed by atoms with Crippen LogP contribution in [0, 0.1) is 5.92 Å². The molecule has 0 aromatic carbocycles. The Morgan fingerprint density at radius 2 is 1.94 bits per heavy atom. The molecule has 2 rings (SSSR count). The van der Waals surface area contributed by atoms with Crippen molar-refractivity contribution in [2.45, 2.75) is 38.8 Å². The molecule has 94 valence electrons. The maximum Gasteiger partial charge on any atom is 0.0363 e. The maximum atomic E-state index is 11.3. The number of hydrogen-bond acceptors (Lipinski definition) is 3. The Morgan fingerprint density at radius 1 is 1.31 bits per heavy atom. The second-order valence-electron chi connectivity index (χ2n) is 5.38. The fourth-order valence-electron chi connectivity index (χ4n) is 2.34. The molecule has 1 atom stereocenters. The Balaban J connectivity index is 1.82. The topological polar surface area (TPSA) is 32.3 Å². The fraction of sp³-hybridized carbons (Fsp3) is 1.00. The molecule has 0 amide bonds. The van der Waals surface area contributed by atoms with Gasteiger partial charge in [-0.2, -0.15) is 0 Å². The van der Waals surface area contributed by atoms with Crippen LogP contribution in [0.3, 0.4) is 0 Å². The Morgan fingerprint density at radius 3 is 2.44 bits per heavy atom. The quantitative estimate of drug-likeness (QED) is 0.777. The van der Waals surface area contributed by atoms with Crippen molar-refractivity contribution in [2.75, 3.05) is 31.1 Å². The Hall–Kier alpha value is 0.0700. The lowest BCUT2D eigenvalue weighted by molar-refractivity contribution is 0.165. The third kappa shape index (κ3) is 3.54. The van der Waals surface area contributed by atoms with Crippen LogP contribution in [0.25, 0.3) is 0 Å². The highest BCUT2D eigenvalue weighted by Crippen LogP contribution is 2.20. The Kier molecular flexibility index (Phi) is 4.39. The van der Waals surface area contributed by atoms with Gasteiger partial charge in [-0.1, -0.05) is 13.8 Å². The van der Waals surface area contributed by atoms with Gasteiger partial charge in [0, 0.05) is 54.0 Å². The average Bonchev–Trinajstić information content (AvgIpc) is 3.04. The summed E-state index contributed by atoms with van der Waals surface area (Å²) >= 11 is 0. The summed E-state index contributed by atoms with van der Waals surface area (Å²) in [4.78, 5) is 2.53. The number of hydrogen-bond donors (Lipinski definition) is 1. The molecule has 1 unspecified atom stereocenters. The van der Waals surface area contributed by atoms with Gasteiger partial charge in [-0.15, -0.1) is 0 Å². The maximum absolute atomic E-state index is 11.3. The van der Waals surface area contributed by atoms with Crippen molar-refractivity contribution < 1.29 is 4.21 Å². The van der Waals surface area contributed by atoms with Gasteiger partial charge >= 0.3 is 0 Å². The lowest BCUT2D eigenvalue weighted by Gasteiger charge is -2.36. The molecular formula is C12H24N2OS. The first-order valence-electron chi connectivity index (χ1n) is 6.49. The zero-order chi connectivity index (χ0) is 11.5. The van der Waals surface area contributed by atoms with Crippen LogP contribution in [0.1, 0.15) is 26.7 Å². The van der Waals surface area contributed by atoms with Crippen molar-refractivity contribution in [1.29, 1.82) is 0 Å². The molecule has 0 radical (unpaired) electrons. The minimum Gasteiger partial charge on any atom is -0.312 e. The number of nitrogens with one attached hydrogen (secondary N) is 1. The Bertz CT molecular complexity index is 243. The van der Waals surface area contributed by atoms with Crippen molar-refractivity contribution in [1.82, 2.24) is 10.2 Å². The molecule has 1 aliphatic carbocycles. The molecule has 1 saturated heterocycles. The third-order valence-corrected chi connectivity index (χ3v) is 4.92. The standard InChI is InChI=1S/C12H24N2OS/c1-10(2)12(9-13-11-3-4-11)14-5-7-16(15)8-6-14/h10-13H,3-9H2,1-2H3. The van der Waals surface area contributed by atoms with Gasteiger partial charge in [-0.3, -0.25) is 9.11 Å². The second kappa shape index (κ2) is 5.61. The van der Waals surface area contributed by atoms with E-state index in [1.807, 2.05) is 0 Å². The van der Waals surface area contributed by atoms with Crippen molar-refractivity contribution in [3.05, 3.63) is 0 Å². The number of nitrogens with zero attached hydrogens (tertiary/aromatic N) is 1. The van der Waals surface area contributed by atoms with Crippen LogP contribution in [0.5, 0.6) is 0 Å². The van der Waals surface area contributed by atoms with Crippen LogP contribution in [0.4, 0.5) is 0 Å². The highest BCUT2D eigenvalue weighted by molar-refractivity contribution is 7.85. The van der Waals surface area contributed by atoms with E-state index < -0.39 is 10.8 Å². The van der Waals surface area contributed by atoms with Crippen molar-refractivity contribution in [2.24, 2.45) is 5.92 Å². The van der Waals surface area contributed by atoms with E-state index in [1.54, 1.807) is 0 Å². The first-order valence-corrected chi connectivity index (χ1v) is 7.98. The molecule has 0 bridgehead atoms. The zero-order valence-corrected chi connectivity index (χ0v) is 11.3. The smallest absolute Gasteiger partial charge is 0.0363 e. The molecule has 4 heteroatoms. The normalized spacial score (nSPS) is 26.2. The van der Waals surface area contributed by atoms with Crippen molar-refractivity contribution in [3.63, 3.8) is 0 Å². The van der Waals surface area contributed by atoms with Crippen LogP contribution in [0.15, 0.2) is 0 Å². The number of rotatable bonds is 5. The summed E-state index contributed by atoms with van der Waals surface area (Å²) in [5.41, 5.74) is 0. The van der Waals surface area contributed by atoms with E-state index >= 15 is 0 Å². The van der Waals surface area contributed by atoms with Gasteiger partial charge in [0.1, 0.15) is 0 Å². The van der Waals surface area contributed by atoms with E-state index in [0.717, 1.165) is 37.2 Å². The zero-order valence-electron chi connectivity index (χ0n) is 10.4. The molecule has 0 aromatic rings. The summed E-state index contributed by atoms with van der Waals surface area (Å²) in [6.07, 6.45) is 2.71. The summed E-state index contributed by atoms with van der Waals surface area (Å²) < 4.78 is 11.3. The van der Waals surface area contributed by atoms with Crippen LogP contribution in [-0.2, 0) is 10.8 Å². The molecular weight excluding hydrogens is 220 g/mol. The third-order valence-electron chi connectivity index (χ3n) is 3.64. The Labute approximate surface area is 101 Å². The SMILES string of the molecule is CC(C)C(CNC1CC1)N1CCS(=O)CC1. The molecule has 1 heterocycles. The van der Waals surface area contributed by atoms with Gasteiger partial charge in [0.25, 0.3) is 0 Å². The monoisotopic (exact) mass is 244 g/mol. The largest absolute Gasteiger partial charge is 0.312 e. The molecule has 1 N–H and O–H groups in total. The molecule has 2 aliphatic rings. The molecule has 0 spiro atoms. The lowest BCUT2D eigenvalue weighted by Crippen LogP contribution is -2.51. The fourth-order valence-corrected chi connectivity index (χ4v) is 3.43. The first-order chi connectivity index (χ1) is 7.66. The van der Waals surface area contributed by atoms with E-state index in [-0.39, 0.29) is 0 Å². The minimum absolute atomic E-state index is 0.553. The van der Waals surface area contributed by atoms with Crippen molar-refractivity contribution >= 4 is 10.8 Å². The predicted molar refractivity (Wildman–Crippen MR) is 69.1 cm³/mol. The van der Waals surface area contributed by atoms with E-state index in [2.05, 4.69) is 24.1 Å². The molecule has 1 aliphatic heterocycles. The lowest BCUT2D eigenvalue weighted by atomic mass is 10.0. The van der Waals surface area contributed by atoms with Gasteiger partial charge in [0.2, 0.25) is 0 Å². The predicted octanol–water partition coefficient (Wildman–Crippen LogP) is 0.827. The second-order valence-corrected chi connectivity index (χ2v) is 7.07. The molecule has 2 fully saturated rings. The summed E-state index contributed by atoms with van der Waals surface area (Å²) in [7, 11) is -0.553. The van der Waals surface area contributed by atoms with Gasteiger partial charge < -0.3 is 5.32 Å². The van der Waals surface area contributed by atoms with Crippen LogP contribution in [0.2, 0.25) is 0 Å². The van der Waals surface area contributed by atoms with Crippen LogP contribution < -0.4 is 5.32 Å². The van der Waals surface area contributed by atoms with Gasteiger partial charge in [-0.05, 0) is 18.8 Å². The van der Waals surface area contributed by atoms with Crippen LogP contribution >= 0.6 is 0 Å². The molecule has 0 aromatic heterocycles. The van der Waals surface area contributed by atoms with Gasteiger partial charge in [-0.25, -0.2) is 0 Å². The van der Waals surface area contributed by atoms with E-state index in [0.29, 0.717) is 12.0 Å².